The van der Waals surface area contributed by atoms with Crippen molar-refractivity contribution in [2.75, 3.05) is 31.1 Å². The van der Waals surface area contributed by atoms with E-state index in [1.54, 1.807) is 6.92 Å². The fourth-order valence-corrected chi connectivity index (χ4v) is 4.03. The molecule has 2 aliphatic rings. The molecule has 1 aliphatic carbocycles. The topological polar surface area (TPSA) is 62.5 Å². The monoisotopic (exact) mass is 354 g/mol. The van der Waals surface area contributed by atoms with E-state index < -0.39 is 0 Å². The van der Waals surface area contributed by atoms with E-state index in [2.05, 4.69) is 32.1 Å². The number of aromatic nitrogens is 2. The van der Waals surface area contributed by atoms with E-state index in [-0.39, 0.29) is 5.92 Å². The Labute approximate surface area is 154 Å². The average Bonchev–Trinajstić information content (AvgIpc) is 3.15. The van der Waals surface area contributed by atoms with Crippen molar-refractivity contribution in [3.05, 3.63) is 30.2 Å². The predicted molar refractivity (Wildman–Crippen MR) is 99.8 cm³/mol. The van der Waals surface area contributed by atoms with Gasteiger partial charge in [-0.3, -0.25) is 4.79 Å². The molecule has 1 amide bonds. The van der Waals surface area contributed by atoms with Crippen molar-refractivity contribution in [1.29, 1.82) is 0 Å². The molecule has 2 fully saturated rings. The van der Waals surface area contributed by atoms with Crippen LogP contribution in [0.5, 0.6) is 0 Å². The molecule has 0 spiro atoms. The van der Waals surface area contributed by atoms with Crippen LogP contribution >= 0.6 is 0 Å². The number of carbonyl (C=O) groups is 1. The average molecular weight is 354 g/mol. The second kappa shape index (κ2) is 7.48. The summed E-state index contributed by atoms with van der Waals surface area (Å²) in [6.07, 6.45) is 5.87. The number of aryl methyl sites for hydroxylation is 1. The van der Waals surface area contributed by atoms with Crippen LogP contribution < -0.4 is 4.90 Å². The zero-order valence-corrected chi connectivity index (χ0v) is 15.4. The van der Waals surface area contributed by atoms with E-state index in [1.807, 2.05) is 12.1 Å². The molecule has 0 atom stereocenters. The van der Waals surface area contributed by atoms with Crippen LogP contribution in [0.15, 0.2) is 28.8 Å². The number of hydrogen-bond acceptors (Lipinski definition) is 5. The summed E-state index contributed by atoms with van der Waals surface area (Å²) in [5.74, 6) is 1.85. The van der Waals surface area contributed by atoms with Gasteiger partial charge >= 0.3 is 0 Å². The fraction of sp³-hybridized carbons (Fsp3) is 0.550. The lowest BCUT2D eigenvalue weighted by Crippen LogP contribution is -2.50. The van der Waals surface area contributed by atoms with Crippen molar-refractivity contribution >= 4 is 11.6 Å². The SMILES string of the molecule is Cc1nc(-c2ccc(N3CCN(C(=O)C4CCCCC4)CC3)cc2)no1. The van der Waals surface area contributed by atoms with Crippen molar-refractivity contribution in [2.45, 2.75) is 39.0 Å². The lowest BCUT2D eigenvalue weighted by atomic mass is 9.88. The number of benzene rings is 1. The second-order valence-corrected chi connectivity index (χ2v) is 7.33. The number of amides is 1. The van der Waals surface area contributed by atoms with Crippen LogP contribution in [0, 0.1) is 12.8 Å². The van der Waals surface area contributed by atoms with E-state index in [0.717, 1.165) is 44.6 Å². The number of nitrogens with zero attached hydrogens (tertiary/aromatic N) is 4. The highest BCUT2D eigenvalue weighted by molar-refractivity contribution is 5.79. The van der Waals surface area contributed by atoms with Gasteiger partial charge in [0, 0.05) is 50.3 Å². The summed E-state index contributed by atoms with van der Waals surface area (Å²) in [6.45, 7) is 5.21. The summed E-state index contributed by atoms with van der Waals surface area (Å²) in [4.78, 5) is 21.4. The van der Waals surface area contributed by atoms with Crippen LogP contribution in [0.3, 0.4) is 0 Å². The van der Waals surface area contributed by atoms with Crippen molar-refractivity contribution < 1.29 is 9.32 Å². The van der Waals surface area contributed by atoms with Gasteiger partial charge in [-0.15, -0.1) is 0 Å². The lowest BCUT2D eigenvalue weighted by Gasteiger charge is -2.38. The summed E-state index contributed by atoms with van der Waals surface area (Å²) >= 11 is 0. The predicted octanol–water partition coefficient (Wildman–Crippen LogP) is 3.27. The summed E-state index contributed by atoms with van der Waals surface area (Å²) < 4.78 is 5.04. The molecular formula is C20H26N4O2. The van der Waals surface area contributed by atoms with E-state index in [0.29, 0.717) is 17.6 Å². The van der Waals surface area contributed by atoms with Gasteiger partial charge in [0.1, 0.15) is 0 Å². The zero-order valence-electron chi connectivity index (χ0n) is 15.4. The van der Waals surface area contributed by atoms with Crippen LogP contribution in [0.4, 0.5) is 5.69 Å². The van der Waals surface area contributed by atoms with Crippen molar-refractivity contribution in [1.82, 2.24) is 15.0 Å². The third-order valence-electron chi connectivity index (χ3n) is 5.56. The van der Waals surface area contributed by atoms with E-state index in [9.17, 15) is 4.79 Å². The highest BCUT2D eigenvalue weighted by Gasteiger charge is 2.28. The van der Waals surface area contributed by atoms with Crippen molar-refractivity contribution in [2.24, 2.45) is 5.92 Å². The summed E-state index contributed by atoms with van der Waals surface area (Å²) in [5, 5.41) is 3.96. The van der Waals surface area contributed by atoms with Gasteiger partial charge in [0.15, 0.2) is 0 Å². The molecule has 1 aliphatic heterocycles. The normalized spacial score (nSPS) is 19.0. The molecule has 1 aromatic heterocycles. The number of carbonyl (C=O) groups excluding carboxylic acids is 1. The third kappa shape index (κ3) is 3.59. The second-order valence-electron chi connectivity index (χ2n) is 7.33. The molecule has 6 nitrogen and oxygen atoms in total. The van der Waals surface area contributed by atoms with Gasteiger partial charge in [-0.2, -0.15) is 4.98 Å². The molecule has 0 unspecified atom stereocenters. The molecule has 0 radical (unpaired) electrons. The Morgan fingerprint density at radius 2 is 1.73 bits per heavy atom. The highest BCUT2D eigenvalue weighted by Crippen LogP contribution is 2.27. The van der Waals surface area contributed by atoms with Crippen LogP contribution in [0.25, 0.3) is 11.4 Å². The molecule has 1 saturated heterocycles. The van der Waals surface area contributed by atoms with Gasteiger partial charge in [-0.1, -0.05) is 24.4 Å². The molecule has 2 aromatic rings. The Kier molecular flexibility index (Phi) is 4.91. The fourth-order valence-electron chi connectivity index (χ4n) is 4.03. The molecule has 4 rings (SSSR count). The maximum atomic E-state index is 12.7. The number of rotatable bonds is 3. The quantitative estimate of drug-likeness (QED) is 0.846. The maximum absolute atomic E-state index is 12.7. The molecule has 1 aromatic carbocycles. The molecule has 0 bridgehead atoms. The van der Waals surface area contributed by atoms with Crippen LogP contribution in [-0.4, -0.2) is 47.1 Å². The first-order valence-corrected chi connectivity index (χ1v) is 9.65. The van der Waals surface area contributed by atoms with E-state index >= 15 is 0 Å². The molecule has 138 valence electrons. The zero-order chi connectivity index (χ0) is 17.9. The number of piperazine rings is 1. The minimum absolute atomic E-state index is 0.271. The standard InChI is InChI=1S/C20H26N4O2/c1-15-21-19(22-26-15)16-7-9-18(10-8-16)23-11-13-24(14-12-23)20(25)17-5-3-2-4-6-17/h7-10,17H,2-6,11-14H2,1H3. The molecule has 6 heteroatoms. The van der Waals surface area contributed by atoms with E-state index in [1.165, 1.54) is 24.9 Å². The first-order chi connectivity index (χ1) is 12.7. The summed E-state index contributed by atoms with van der Waals surface area (Å²) in [6, 6.07) is 8.25. The summed E-state index contributed by atoms with van der Waals surface area (Å²) in [7, 11) is 0. The Morgan fingerprint density at radius 1 is 1.04 bits per heavy atom. The first kappa shape index (κ1) is 17.1. The summed E-state index contributed by atoms with van der Waals surface area (Å²) in [5.41, 5.74) is 2.13. The molecule has 1 saturated carbocycles. The molecular weight excluding hydrogens is 328 g/mol. The first-order valence-electron chi connectivity index (χ1n) is 9.65. The van der Waals surface area contributed by atoms with E-state index in [4.69, 9.17) is 4.52 Å². The number of anilines is 1. The van der Waals surface area contributed by atoms with Crippen molar-refractivity contribution in [3.63, 3.8) is 0 Å². The molecule has 2 heterocycles. The molecule has 26 heavy (non-hydrogen) atoms. The Balaban J connectivity index is 1.35. The minimum Gasteiger partial charge on any atom is -0.368 e. The Bertz CT molecular complexity index is 741. The van der Waals surface area contributed by atoms with Gasteiger partial charge in [-0.05, 0) is 37.1 Å². The maximum Gasteiger partial charge on any atom is 0.225 e. The van der Waals surface area contributed by atoms with Crippen LogP contribution in [-0.2, 0) is 4.79 Å². The van der Waals surface area contributed by atoms with Gasteiger partial charge in [0.05, 0.1) is 0 Å². The lowest BCUT2D eigenvalue weighted by molar-refractivity contribution is -0.136. The van der Waals surface area contributed by atoms with Gasteiger partial charge in [0.2, 0.25) is 17.6 Å². The minimum atomic E-state index is 0.271. The van der Waals surface area contributed by atoms with Crippen molar-refractivity contribution in [3.8, 4) is 11.4 Å². The van der Waals surface area contributed by atoms with Gasteiger partial charge in [-0.25, -0.2) is 0 Å². The third-order valence-corrected chi connectivity index (χ3v) is 5.56. The van der Waals surface area contributed by atoms with Crippen LogP contribution in [0.1, 0.15) is 38.0 Å². The van der Waals surface area contributed by atoms with Crippen LogP contribution in [0.2, 0.25) is 0 Å². The highest BCUT2D eigenvalue weighted by atomic mass is 16.5. The largest absolute Gasteiger partial charge is 0.368 e. The van der Waals surface area contributed by atoms with Gasteiger partial charge < -0.3 is 14.3 Å². The Hall–Kier alpha value is -2.37. The smallest absolute Gasteiger partial charge is 0.225 e. The number of hydrogen-bond donors (Lipinski definition) is 0. The molecule has 0 N–H and O–H groups in total. The van der Waals surface area contributed by atoms with Gasteiger partial charge in [0.25, 0.3) is 0 Å². The Morgan fingerprint density at radius 3 is 2.35 bits per heavy atom.